The number of rotatable bonds is 1. The normalized spacial score (nSPS) is 39.8. The van der Waals surface area contributed by atoms with Gasteiger partial charge in [-0.3, -0.25) is 0 Å². The van der Waals surface area contributed by atoms with Gasteiger partial charge in [0.1, 0.15) is 0 Å². The van der Waals surface area contributed by atoms with Crippen molar-refractivity contribution in [1.82, 2.24) is 9.80 Å². The van der Waals surface area contributed by atoms with Gasteiger partial charge >= 0.3 is 0 Å². The zero-order valence-electron chi connectivity index (χ0n) is 7.58. The maximum absolute atomic E-state index is 2.59. The molecule has 2 aliphatic rings. The summed E-state index contributed by atoms with van der Waals surface area (Å²) >= 11 is 0. The van der Waals surface area contributed by atoms with Gasteiger partial charge in [0, 0.05) is 26.2 Å². The molecule has 0 aliphatic carbocycles. The summed E-state index contributed by atoms with van der Waals surface area (Å²) in [5, 5.41) is 0. The number of nitrogens with zero attached hydrogens (tertiary/aromatic N) is 2. The Morgan fingerprint density at radius 3 is 2.09 bits per heavy atom. The number of hydrogen-bond donors (Lipinski definition) is 0. The van der Waals surface area contributed by atoms with Crippen molar-refractivity contribution in [3.05, 3.63) is 0 Å². The van der Waals surface area contributed by atoms with E-state index in [1.54, 1.807) is 0 Å². The van der Waals surface area contributed by atoms with Crippen molar-refractivity contribution in [1.29, 1.82) is 0 Å². The minimum absolute atomic E-state index is 0.986. The number of likely N-dealkylation sites (tertiary alicyclic amines) is 2. The van der Waals surface area contributed by atoms with Crippen LogP contribution in [0.2, 0.25) is 0 Å². The first-order chi connectivity index (χ1) is 5.29. The van der Waals surface area contributed by atoms with Crippen molar-refractivity contribution in [2.45, 2.75) is 6.92 Å². The number of hydrogen-bond acceptors (Lipinski definition) is 2. The highest BCUT2D eigenvalue weighted by molar-refractivity contribution is 4.91. The lowest BCUT2D eigenvalue weighted by atomic mass is 10.0. The van der Waals surface area contributed by atoms with Crippen LogP contribution in [0.15, 0.2) is 0 Å². The fourth-order valence-corrected chi connectivity index (χ4v) is 2.58. The van der Waals surface area contributed by atoms with Crippen molar-refractivity contribution in [3.8, 4) is 0 Å². The summed E-state index contributed by atoms with van der Waals surface area (Å²) in [7, 11) is 2.24. The van der Waals surface area contributed by atoms with E-state index in [2.05, 4.69) is 23.8 Å². The van der Waals surface area contributed by atoms with Gasteiger partial charge in [-0.15, -0.1) is 0 Å². The van der Waals surface area contributed by atoms with Crippen LogP contribution in [0.4, 0.5) is 0 Å². The highest BCUT2D eigenvalue weighted by atomic mass is 15.2. The zero-order chi connectivity index (χ0) is 7.84. The average Bonchev–Trinajstić information content (AvgIpc) is 2.43. The second-order valence-electron chi connectivity index (χ2n) is 4.09. The fraction of sp³-hybridized carbons (Fsp3) is 1.00. The molecular formula is C9H18N2. The van der Waals surface area contributed by atoms with Gasteiger partial charge in [-0.2, -0.15) is 0 Å². The summed E-state index contributed by atoms with van der Waals surface area (Å²) in [4.78, 5) is 5.06. The van der Waals surface area contributed by atoms with E-state index in [1.807, 2.05) is 0 Å². The van der Waals surface area contributed by atoms with E-state index in [4.69, 9.17) is 0 Å². The van der Waals surface area contributed by atoms with E-state index < -0.39 is 0 Å². The second kappa shape index (κ2) is 2.76. The first-order valence-corrected chi connectivity index (χ1v) is 4.70. The van der Waals surface area contributed by atoms with Crippen LogP contribution in [0, 0.1) is 11.8 Å². The SMILES string of the molecule is CCN1CC2CN(C)CC2C1. The lowest BCUT2D eigenvalue weighted by molar-refractivity contribution is 0.289. The first-order valence-electron chi connectivity index (χ1n) is 4.70. The molecule has 0 bridgehead atoms. The lowest BCUT2D eigenvalue weighted by Gasteiger charge is -2.16. The van der Waals surface area contributed by atoms with Gasteiger partial charge in [-0.25, -0.2) is 0 Å². The molecule has 0 N–H and O–H groups in total. The minimum atomic E-state index is 0.986. The Hall–Kier alpha value is -0.0800. The summed E-state index contributed by atoms with van der Waals surface area (Å²) in [5.74, 6) is 1.97. The van der Waals surface area contributed by atoms with Crippen LogP contribution in [0.1, 0.15) is 6.92 Å². The van der Waals surface area contributed by atoms with E-state index in [0.717, 1.165) is 11.8 Å². The first kappa shape index (κ1) is 7.56. The maximum Gasteiger partial charge on any atom is 0.00255 e. The molecule has 64 valence electrons. The van der Waals surface area contributed by atoms with Crippen LogP contribution in [0.3, 0.4) is 0 Å². The van der Waals surface area contributed by atoms with Crippen molar-refractivity contribution < 1.29 is 0 Å². The minimum Gasteiger partial charge on any atom is -0.306 e. The molecule has 0 radical (unpaired) electrons. The smallest absolute Gasteiger partial charge is 0.00255 e. The van der Waals surface area contributed by atoms with Gasteiger partial charge in [-0.05, 0) is 25.4 Å². The summed E-state index contributed by atoms with van der Waals surface area (Å²) in [6.45, 7) is 8.89. The summed E-state index contributed by atoms with van der Waals surface area (Å²) in [6.07, 6.45) is 0. The molecule has 2 fully saturated rings. The highest BCUT2D eigenvalue weighted by Gasteiger charge is 2.37. The topological polar surface area (TPSA) is 6.48 Å². The van der Waals surface area contributed by atoms with E-state index in [-0.39, 0.29) is 0 Å². The monoisotopic (exact) mass is 154 g/mol. The summed E-state index contributed by atoms with van der Waals surface area (Å²) in [6, 6.07) is 0. The quantitative estimate of drug-likeness (QED) is 0.542. The van der Waals surface area contributed by atoms with Crippen LogP contribution < -0.4 is 0 Å². The third-order valence-electron chi connectivity index (χ3n) is 3.19. The predicted octanol–water partition coefficient (Wildman–Crippen LogP) is 0.500. The Labute approximate surface area is 69.2 Å². The molecule has 0 aromatic carbocycles. The Kier molecular flexibility index (Phi) is 1.90. The molecule has 0 aromatic heterocycles. The zero-order valence-corrected chi connectivity index (χ0v) is 7.58. The molecule has 0 amide bonds. The third-order valence-corrected chi connectivity index (χ3v) is 3.19. The molecule has 2 heteroatoms. The molecule has 11 heavy (non-hydrogen) atoms. The average molecular weight is 154 g/mol. The molecule has 2 rings (SSSR count). The van der Waals surface area contributed by atoms with Crippen LogP contribution in [-0.4, -0.2) is 49.6 Å². The van der Waals surface area contributed by atoms with Gasteiger partial charge < -0.3 is 9.80 Å². The largest absolute Gasteiger partial charge is 0.306 e. The van der Waals surface area contributed by atoms with E-state index in [1.165, 1.54) is 32.7 Å². The van der Waals surface area contributed by atoms with Gasteiger partial charge in [0.2, 0.25) is 0 Å². The molecule has 2 heterocycles. The van der Waals surface area contributed by atoms with Crippen molar-refractivity contribution in [2.75, 3.05) is 39.8 Å². The summed E-state index contributed by atoms with van der Waals surface area (Å²) < 4.78 is 0. The Morgan fingerprint density at radius 2 is 1.64 bits per heavy atom. The molecule has 0 spiro atoms. The molecule has 0 aromatic rings. The van der Waals surface area contributed by atoms with Crippen LogP contribution in [0.5, 0.6) is 0 Å². The highest BCUT2D eigenvalue weighted by Crippen LogP contribution is 2.29. The fourth-order valence-electron chi connectivity index (χ4n) is 2.58. The van der Waals surface area contributed by atoms with Gasteiger partial charge in [-0.1, -0.05) is 6.92 Å². The molecule has 2 saturated heterocycles. The van der Waals surface area contributed by atoms with Crippen LogP contribution >= 0.6 is 0 Å². The molecular weight excluding hydrogens is 136 g/mol. The van der Waals surface area contributed by atoms with Crippen molar-refractivity contribution >= 4 is 0 Å². The van der Waals surface area contributed by atoms with Crippen LogP contribution in [0.25, 0.3) is 0 Å². The Morgan fingerprint density at radius 1 is 1.09 bits per heavy atom. The molecule has 2 aliphatic heterocycles. The Balaban J connectivity index is 1.93. The lowest BCUT2D eigenvalue weighted by Crippen LogP contribution is -2.26. The molecule has 2 nitrogen and oxygen atoms in total. The van der Waals surface area contributed by atoms with Gasteiger partial charge in [0.05, 0.1) is 0 Å². The van der Waals surface area contributed by atoms with Gasteiger partial charge in [0.15, 0.2) is 0 Å². The van der Waals surface area contributed by atoms with E-state index >= 15 is 0 Å². The van der Waals surface area contributed by atoms with Crippen LogP contribution in [-0.2, 0) is 0 Å². The second-order valence-corrected chi connectivity index (χ2v) is 4.09. The Bertz CT molecular complexity index is 132. The van der Waals surface area contributed by atoms with Crippen molar-refractivity contribution in [2.24, 2.45) is 11.8 Å². The predicted molar refractivity (Wildman–Crippen MR) is 46.6 cm³/mol. The van der Waals surface area contributed by atoms with E-state index in [0.29, 0.717) is 0 Å². The summed E-state index contributed by atoms with van der Waals surface area (Å²) in [5.41, 5.74) is 0. The van der Waals surface area contributed by atoms with Gasteiger partial charge in [0.25, 0.3) is 0 Å². The maximum atomic E-state index is 2.59. The standard InChI is InChI=1S/C9H18N2/c1-3-11-6-8-4-10(2)5-9(8)7-11/h8-9H,3-7H2,1-2H3. The van der Waals surface area contributed by atoms with E-state index in [9.17, 15) is 0 Å². The number of fused-ring (bicyclic) bond motifs is 1. The third kappa shape index (κ3) is 1.30. The molecule has 0 saturated carbocycles. The molecule has 2 atom stereocenters. The van der Waals surface area contributed by atoms with Crippen molar-refractivity contribution in [3.63, 3.8) is 0 Å². The molecule has 2 unspecified atom stereocenters.